The highest BCUT2D eigenvalue weighted by atomic mass is 79.9. The summed E-state index contributed by atoms with van der Waals surface area (Å²) in [5.74, 6) is 0.603. The maximum absolute atomic E-state index is 6.10. The Hall–Kier alpha value is 0.280. The average Bonchev–Trinajstić information content (AvgIpc) is 2.32. The maximum Gasteiger partial charge on any atom is 0.0456 e. The van der Waals surface area contributed by atoms with Crippen molar-refractivity contribution < 1.29 is 0 Å². The Kier molecular flexibility index (Phi) is 2.61. The number of benzene rings is 1. The summed E-state index contributed by atoms with van der Waals surface area (Å²) in [5.41, 5.74) is 2.51. The lowest BCUT2D eigenvalue weighted by Crippen LogP contribution is -1.93. The van der Waals surface area contributed by atoms with Crippen molar-refractivity contribution in [1.82, 2.24) is 0 Å². The molecule has 2 rings (SSSR count). The van der Waals surface area contributed by atoms with Gasteiger partial charge in [0.1, 0.15) is 0 Å². The Morgan fingerprint density at radius 1 is 1.38 bits per heavy atom. The van der Waals surface area contributed by atoms with E-state index in [9.17, 15) is 0 Å². The van der Waals surface area contributed by atoms with E-state index in [4.69, 9.17) is 23.2 Å². The largest absolute Gasteiger partial charge is 0.0843 e. The van der Waals surface area contributed by atoms with Gasteiger partial charge in [-0.05, 0) is 35.6 Å². The lowest BCUT2D eigenvalue weighted by molar-refractivity contribution is 0.623. The first-order chi connectivity index (χ1) is 6.09. The van der Waals surface area contributed by atoms with Gasteiger partial charge in [-0.1, -0.05) is 46.1 Å². The molecule has 70 valence electrons. The lowest BCUT2D eigenvalue weighted by Gasteiger charge is -2.07. The van der Waals surface area contributed by atoms with Crippen molar-refractivity contribution in [3.63, 3.8) is 0 Å². The minimum atomic E-state index is 0.402. The van der Waals surface area contributed by atoms with Gasteiger partial charge in [-0.25, -0.2) is 0 Å². The summed E-state index contributed by atoms with van der Waals surface area (Å²) in [4.78, 5) is 0.402. The summed E-state index contributed by atoms with van der Waals surface area (Å²) < 4.78 is 0. The van der Waals surface area contributed by atoms with E-state index in [0.717, 1.165) is 16.5 Å². The molecule has 0 fully saturated rings. The van der Waals surface area contributed by atoms with Gasteiger partial charge in [-0.2, -0.15) is 0 Å². The van der Waals surface area contributed by atoms with Crippen LogP contribution in [0.1, 0.15) is 22.9 Å². The molecule has 1 aromatic rings. The molecule has 0 radical (unpaired) electrons. The third kappa shape index (κ3) is 1.62. The SMILES string of the molecule is CC1Cc2c(Cl)cc(Cl)cc2C1Br. The van der Waals surface area contributed by atoms with Crippen LogP contribution in [0.15, 0.2) is 12.1 Å². The zero-order valence-electron chi connectivity index (χ0n) is 7.15. The van der Waals surface area contributed by atoms with E-state index in [2.05, 4.69) is 22.9 Å². The van der Waals surface area contributed by atoms with Crippen molar-refractivity contribution in [3.05, 3.63) is 33.3 Å². The number of alkyl halides is 1. The van der Waals surface area contributed by atoms with Crippen LogP contribution in [0.5, 0.6) is 0 Å². The molecule has 2 atom stereocenters. The van der Waals surface area contributed by atoms with Crippen LogP contribution in [0.25, 0.3) is 0 Å². The van der Waals surface area contributed by atoms with Crippen LogP contribution in [0.2, 0.25) is 10.0 Å². The van der Waals surface area contributed by atoms with Crippen molar-refractivity contribution >= 4 is 39.1 Å². The molecule has 13 heavy (non-hydrogen) atoms. The van der Waals surface area contributed by atoms with Crippen LogP contribution in [0, 0.1) is 5.92 Å². The molecule has 0 N–H and O–H groups in total. The Balaban J connectivity index is 2.57. The van der Waals surface area contributed by atoms with E-state index in [1.807, 2.05) is 12.1 Å². The molecule has 0 aliphatic heterocycles. The Morgan fingerprint density at radius 2 is 2.08 bits per heavy atom. The molecule has 1 aliphatic rings. The third-order valence-electron chi connectivity index (χ3n) is 2.52. The van der Waals surface area contributed by atoms with E-state index in [0.29, 0.717) is 10.7 Å². The summed E-state index contributed by atoms with van der Waals surface area (Å²) in [6.07, 6.45) is 1.04. The van der Waals surface area contributed by atoms with Crippen LogP contribution in [0.3, 0.4) is 0 Å². The van der Waals surface area contributed by atoms with Crippen molar-refractivity contribution in [1.29, 1.82) is 0 Å². The number of halogens is 3. The predicted molar refractivity (Wildman–Crippen MR) is 61.0 cm³/mol. The summed E-state index contributed by atoms with van der Waals surface area (Å²) >= 11 is 15.7. The van der Waals surface area contributed by atoms with Crippen molar-refractivity contribution in [3.8, 4) is 0 Å². The van der Waals surface area contributed by atoms with Gasteiger partial charge in [0.2, 0.25) is 0 Å². The average molecular weight is 280 g/mol. The van der Waals surface area contributed by atoms with Gasteiger partial charge in [0.05, 0.1) is 0 Å². The Labute approximate surface area is 96.4 Å². The number of rotatable bonds is 0. The highest BCUT2D eigenvalue weighted by Gasteiger charge is 2.29. The molecule has 3 heteroatoms. The van der Waals surface area contributed by atoms with Gasteiger partial charge in [-0.3, -0.25) is 0 Å². The van der Waals surface area contributed by atoms with Gasteiger partial charge in [0.15, 0.2) is 0 Å². The van der Waals surface area contributed by atoms with E-state index < -0.39 is 0 Å². The first-order valence-corrected chi connectivity index (χ1v) is 5.88. The van der Waals surface area contributed by atoms with Crippen LogP contribution in [0.4, 0.5) is 0 Å². The van der Waals surface area contributed by atoms with E-state index in [1.165, 1.54) is 11.1 Å². The van der Waals surface area contributed by atoms with Gasteiger partial charge >= 0.3 is 0 Å². The molecule has 0 spiro atoms. The molecule has 0 heterocycles. The number of fused-ring (bicyclic) bond motifs is 1. The van der Waals surface area contributed by atoms with E-state index >= 15 is 0 Å². The molecule has 0 aromatic heterocycles. The number of hydrogen-bond donors (Lipinski definition) is 0. The molecule has 0 saturated heterocycles. The topological polar surface area (TPSA) is 0 Å². The fraction of sp³-hybridized carbons (Fsp3) is 0.400. The van der Waals surface area contributed by atoms with Crippen LogP contribution >= 0.6 is 39.1 Å². The Morgan fingerprint density at radius 3 is 2.77 bits per heavy atom. The Bertz CT molecular complexity index is 349. The first kappa shape index (κ1) is 9.82. The van der Waals surface area contributed by atoms with Crippen molar-refractivity contribution in [2.75, 3.05) is 0 Å². The highest BCUT2D eigenvalue weighted by Crippen LogP contribution is 2.45. The standard InChI is InChI=1S/C10H9BrCl2/c1-5-2-7-8(10(5)11)3-6(12)4-9(7)13/h3-5,10H,2H2,1H3. The monoisotopic (exact) mass is 278 g/mol. The zero-order chi connectivity index (χ0) is 9.59. The fourth-order valence-electron chi connectivity index (χ4n) is 1.82. The van der Waals surface area contributed by atoms with Crippen molar-refractivity contribution in [2.24, 2.45) is 5.92 Å². The molecular formula is C10H9BrCl2. The minimum Gasteiger partial charge on any atom is -0.0843 e. The minimum absolute atomic E-state index is 0.402. The van der Waals surface area contributed by atoms with E-state index in [1.54, 1.807) is 0 Å². The summed E-state index contributed by atoms with van der Waals surface area (Å²) in [6, 6.07) is 3.82. The molecule has 0 amide bonds. The predicted octanol–water partition coefficient (Wildman–Crippen LogP) is 4.62. The van der Waals surface area contributed by atoms with Gasteiger partial charge in [0, 0.05) is 14.9 Å². The molecule has 0 nitrogen and oxygen atoms in total. The molecule has 1 aliphatic carbocycles. The maximum atomic E-state index is 6.10. The smallest absolute Gasteiger partial charge is 0.0456 e. The third-order valence-corrected chi connectivity index (χ3v) is 4.47. The van der Waals surface area contributed by atoms with Crippen LogP contribution < -0.4 is 0 Å². The summed E-state index contributed by atoms with van der Waals surface area (Å²) in [7, 11) is 0. The van der Waals surface area contributed by atoms with E-state index in [-0.39, 0.29) is 0 Å². The van der Waals surface area contributed by atoms with Gasteiger partial charge in [0.25, 0.3) is 0 Å². The molecule has 2 unspecified atom stereocenters. The second kappa shape index (κ2) is 3.45. The highest BCUT2D eigenvalue weighted by molar-refractivity contribution is 9.09. The quantitative estimate of drug-likeness (QED) is 0.608. The second-order valence-electron chi connectivity index (χ2n) is 3.54. The second-order valence-corrected chi connectivity index (χ2v) is 5.37. The summed E-state index contributed by atoms with van der Waals surface area (Å²) in [6.45, 7) is 2.21. The zero-order valence-corrected chi connectivity index (χ0v) is 10.2. The van der Waals surface area contributed by atoms with Gasteiger partial charge in [-0.15, -0.1) is 0 Å². The molecular weight excluding hydrogens is 271 g/mol. The lowest BCUT2D eigenvalue weighted by atomic mass is 10.1. The molecule has 0 bridgehead atoms. The van der Waals surface area contributed by atoms with Crippen LogP contribution in [-0.2, 0) is 6.42 Å². The molecule has 1 aromatic carbocycles. The molecule has 0 saturated carbocycles. The van der Waals surface area contributed by atoms with Gasteiger partial charge < -0.3 is 0 Å². The van der Waals surface area contributed by atoms with Crippen molar-refractivity contribution in [2.45, 2.75) is 18.2 Å². The number of hydrogen-bond acceptors (Lipinski definition) is 0. The summed E-state index contributed by atoms with van der Waals surface area (Å²) in [5, 5.41) is 1.53. The first-order valence-electron chi connectivity index (χ1n) is 4.21. The fourth-order valence-corrected chi connectivity index (χ4v) is 3.00. The normalized spacial score (nSPS) is 26.2. The van der Waals surface area contributed by atoms with Crippen LogP contribution in [-0.4, -0.2) is 0 Å².